The molecule has 23 heavy (non-hydrogen) atoms. The number of ether oxygens (including phenoxy) is 1. The zero-order chi connectivity index (χ0) is 16.6. The first-order chi connectivity index (χ1) is 10.9. The van der Waals surface area contributed by atoms with Crippen LogP contribution < -0.4 is 4.74 Å². The summed E-state index contributed by atoms with van der Waals surface area (Å²) in [7, 11) is -1.97. The minimum absolute atomic E-state index is 0.333. The van der Waals surface area contributed by atoms with Crippen molar-refractivity contribution in [1.82, 2.24) is 4.31 Å². The first-order valence-electron chi connectivity index (χ1n) is 7.65. The van der Waals surface area contributed by atoms with Crippen LogP contribution in [0, 0.1) is 13.8 Å². The van der Waals surface area contributed by atoms with Gasteiger partial charge in [-0.05, 0) is 42.5 Å². The van der Waals surface area contributed by atoms with Crippen LogP contribution in [0.2, 0.25) is 0 Å². The summed E-state index contributed by atoms with van der Waals surface area (Å²) in [5.41, 5.74) is 4.01. The zero-order valence-electron chi connectivity index (χ0n) is 13.7. The van der Waals surface area contributed by atoms with Crippen LogP contribution >= 0.6 is 0 Å². The molecule has 0 atom stereocenters. The van der Waals surface area contributed by atoms with Crippen LogP contribution in [0.4, 0.5) is 0 Å². The molecule has 0 aromatic heterocycles. The third kappa shape index (κ3) is 2.86. The van der Waals surface area contributed by atoms with Crippen LogP contribution in [-0.2, 0) is 23.0 Å². The Morgan fingerprint density at radius 2 is 1.74 bits per heavy atom. The number of benzene rings is 2. The monoisotopic (exact) mass is 331 g/mol. The maximum absolute atomic E-state index is 13.1. The molecule has 0 radical (unpaired) electrons. The van der Waals surface area contributed by atoms with Gasteiger partial charge >= 0.3 is 0 Å². The van der Waals surface area contributed by atoms with E-state index in [-0.39, 0.29) is 0 Å². The summed E-state index contributed by atoms with van der Waals surface area (Å²) in [6, 6.07) is 11.5. The predicted molar refractivity (Wildman–Crippen MR) is 90.2 cm³/mol. The van der Waals surface area contributed by atoms with Gasteiger partial charge in [0.1, 0.15) is 5.75 Å². The van der Waals surface area contributed by atoms with Crippen molar-refractivity contribution in [2.45, 2.75) is 31.7 Å². The molecule has 0 saturated heterocycles. The smallest absolute Gasteiger partial charge is 0.243 e. The molecule has 0 bridgehead atoms. The molecule has 5 heteroatoms. The quantitative estimate of drug-likeness (QED) is 0.868. The molecular weight excluding hydrogens is 310 g/mol. The molecule has 0 fully saturated rings. The van der Waals surface area contributed by atoms with E-state index in [0.717, 1.165) is 23.1 Å². The first-order valence-corrected chi connectivity index (χ1v) is 9.09. The molecule has 2 aromatic rings. The SMILES string of the molecule is COc1cc(S(=O)(=O)N2CCc3ccccc3C2)c(C)cc1C. The van der Waals surface area contributed by atoms with E-state index >= 15 is 0 Å². The third-order valence-corrected chi connectivity index (χ3v) is 6.39. The molecule has 0 saturated carbocycles. The van der Waals surface area contributed by atoms with Crippen molar-refractivity contribution in [3.63, 3.8) is 0 Å². The molecule has 0 amide bonds. The van der Waals surface area contributed by atoms with Gasteiger partial charge in [0, 0.05) is 19.2 Å². The molecule has 3 rings (SSSR count). The van der Waals surface area contributed by atoms with Crippen molar-refractivity contribution in [2.24, 2.45) is 0 Å². The lowest BCUT2D eigenvalue weighted by Crippen LogP contribution is -2.36. The van der Waals surface area contributed by atoms with Gasteiger partial charge in [-0.2, -0.15) is 4.31 Å². The summed E-state index contributed by atoms with van der Waals surface area (Å²) in [4.78, 5) is 0.333. The fraction of sp³-hybridized carbons (Fsp3) is 0.333. The Bertz CT molecular complexity index is 843. The molecule has 1 aliphatic rings. The van der Waals surface area contributed by atoms with Crippen LogP contribution in [-0.4, -0.2) is 26.4 Å². The number of hydrogen-bond acceptors (Lipinski definition) is 3. The maximum Gasteiger partial charge on any atom is 0.243 e. The number of aryl methyl sites for hydroxylation is 2. The Balaban J connectivity index is 2.00. The molecule has 4 nitrogen and oxygen atoms in total. The van der Waals surface area contributed by atoms with E-state index in [2.05, 4.69) is 6.07 Å². The minimum atomic E-state index is -3.53. The fourth-order valence-electron chi connectivity index (χ4n) is 3.13. The Labute approximate surface area is 137 Å². The zero-order valence-corrected chi connectivity index (χ0v) is 14.5. The van der Waals surface area contributed by atoms with E-state index in [9.17, 15) is 8.42 Å². The topological polar surface area (TPSA) is 46.6 Å². The average molecular weight is 331 g/mol. The largest absolute Gasteiger partial charge is 0.496 e. The Morgan fingerprint density at radius 3 is 2.43 bits per heavy atom. The van der Waals surface area contributed by atoms with Crippen molar-refractivity contribution in [3.05, 3.63) is 58.7 Å². The van der Waals surface area contributed by atoms with E-state index in [1.165, 1.54) is 5.56 Å². The number of sulfonamides is 1. The average Bonchev–Trinajstić information content (AvgIpc) is 2.54. The number of methoxy groups -OCH3 is 1. The highest BCUT2D eigenvalue weighted by Crippen LogP contribution is 2.30. The molecule has 0 N–H and O–H groups in total. The highest BCUT2D eigenvalue weighted by molar-refractivity contribution is 7.89. The highest BCUT2D eigenvalue weighted by atomic mass is 32.2. The van der Waals surface area contributed by atoms with Crippen LogP contribution in [0.15, 0.2) is 41.3 Å². The second-order valence-electron chi connectivity index (χ2n) is 5.94. The van der Waals surface area contributed by atoms with Gasteiger partial charge in [0.15, 0.2) is 0 Å². The predicted octanol–water partition coefficient (Wildman–Crippen LogP) is 3.06. The normalized spacial score (nSPS) is 15.3. The Morgan fingerprint density at radius 1 is 1.04 bits per heavy atom. The molecule has 1 heterocycles. The van der Waals surface area contributed by atoms with Gasteiger partial charge in [0.05, 0.1) is 12.0 Å². The molecule has 2 aromatic carbocycles. The summed E-state index contributed by atoms with van der Waals surface area (Å²) in [6.07, 6.45) is 0.747. The first kappa shape index (κ1) is 16.0. The number of hydrogen-bond donors (Lipinski definition) is 0. The van der Waals surface area contributed by atoms with E-state index in [1.807, 2.05) is 38.1 Å². The van der Waals surface area contributed by atoms with Crippen molar-refractivity contribution in [2.75, 3.05) is 13.7 Å². The van der Waals surface area contributed by atoms with Crippen LogP contribution in [0.3, 0.4) is 0 Å². The van der Waals surface area contributed by atoms with Gasteiger partial charge in [0.25, 0.3) is 0 Å². The maximum atomic E-state index is 13.1. The molecule has 0 spiro atoms. The van der Waals surface area contributed by atoms with Gasteiger partial charge < -0.3 is 4.74 Å². The van der Waals surface area contributed by atoms with E-state index < -0.39 is 10.0 Å². The lowest BCUT2D eigenvalue weighted by atomic mass is 10.0. The van der Waals surface area contributed by atoms with Crippen LogP contribution in [0.5, 0.6) is 5.75 Å². The van der Waals surface area contributed by atoms with Gasteiger partial charge in [-0.3, -0.25) is 0 Å². The summed E-state index contributed by atoms with van der Waals surface area (Å²) >= 11 is 0. The van der Waals surface area contributed by atoms with Crippen molar-refractivity contribution in [3.8, 4) is 5.75 Å². The number of nitrogens with zero attached hydrogens (tertiary/aromatic N) is 1. The van der Waals surface area contributed by atoms with E-state index in [4.69, 9.17) is 4.74 Å². The van der Waals surface area contributed by atoms with Gasteiger partial charge in [-0.25, -0.2) is 8.42 Å². The lowest BCUT2D eigenvalue weighted by molar-refractivity contribution is 0.389. The third-order valence-electron chi connectivity index (χ3n) is 4.41. The second kappa shape index (κ2) is 5.98. The lowest BCUT2D eigenvalue weighted by Gasteiger charge is -2.28. The number of fused-ring (bicyclic) bond motifs is 1. The van der Waals surface area contributed by atoms with Crippen molar-refractivity contribution >= 4 is 10.0 Å². The van der Waals surface area contributed by atoms with Gasteiger partial charge in [-0.15, -0.1) is 0 Å². The fourth-order valence-corrected chi connectivity index (χ4v) is 4.77. The summed E-state index contributed by atoms with van der Waals surface area (Å²) < 4.78 is 33.0. The van der Waals surface area contributed by atoms with Crippen LogP contribution in [0.25, 0.3) is 0 Å². The van der Waals surface area contributed by atoms with E-state index in [0.29, 0.717) is 23.7 Å². The summed E-state index contributed by atoms with van der Waals surface area (Å²) in [5.74, 6) is 0.603. The van der Waals surface area contributed by atoms with Crippen molar-refractivity contribution < 1.29 is 13.2 Å². The molecule has 1 aliphatic heterocycles. The van der Waals surface area contributed by atoms with Gasteiger partial charge in [0.2, 0.25) is 10.0 Å². The number of rotatable bonds is 3. The summed E-state index contributed by atoms with van der Waals surface area (Å²) in [5, 5.41) is 0. The van der Waals surface area contributed by atoms with Crippen LogP contribution in [0.1, 0.15) is 22.3 Å². The molecule has 0 aliphatic carbocycles. The standard InChI is InChI=1S/C18H21NO3S/c1-13-10-14(2)18(11-17(13)22-3)23(20,21)19-9-8-15-6-4-5-7-16(15)12-19/h4-7,10-11H,8-9,12H2,1-3H3. The Hall–Kier alpha value is -1.85. The summed E-state index contributed by atoms with van der Waals surface area (Å²) in [6.45, 7) is 4.68. The molecule has 122 valence electrons. The van der Waals surface area contributed by atoms with Crippen molar-refractivity contribution in [1.29, 1.82) is 0 Å². The van der Waals surface area contributed by atoms with Gasteiger partial charge in [-0.1, -0.05) is 30.3 Å². The molecular formula is C18H21NO3S. The Kier molecular flexibility index (Phi) is 4.17. The minimum Gasteiger partial charge on any atom is -0.496 e. The second-order valence-corrected chi connectivity index (χ2v) is 7.85. The molecule has 0 unspecified atom stereocenters. The van der Waals surface area contributed by atoms with E-state index in [1.54, 1.807) is 17.5 Å². The highest BCUT2D eigenvalue weighted by Gasteiger charge is 2.30.